The minimum Gasteiger partial charge on any atom is -0.480 e. The topological polar surface area (TPSA) is 148 Å². The Hall–Kier alpha value is -2.25. The van der Waals surface area contributed by atoms with Crippen LogP contribution >= 0.6 is 0 Å². The molecule has 0 aliphatic rings. The van der Waals surface area contributed by atoms with Gasteiger partial charge in [0.05, 0.1) is 0 Å². The van der Waals surface area contributed by atoms with Gasteiger partial charge in [0.15, 0.2) is 6.54 Å². The van der Waals surface area contributed by atoms with Crippen molar-refractivity contribution in [3.63, 3.8) is 0 Å². The third kappa shape index (κ3) is 14.6. The molecule has 0 aromatic rings. The number of hydrogen-bond acceptors (Lipinski definition) is 5. The normalized spacial score (nSPS) is 9.53. The van der Waals surface area contributed by atoms with E-state index in [0.717, 1.165) is 0 Å². The van der Waals surface area contributed by atoms with Crippen molar-refractivity contribution in [3.8, 4) is 0 Å². The fourth-order valence-electron chi connectivity index (χ4n) is 0.315. The number of carboxylic acids is 3. The molecule has 0 saturated carbocycles. The smallest absolute Gasteiger partial charge is 0.331 e. The lowest BCUT2D eigenvalue weighted by atomic mass is 10.3. The molecule has 0 saturated heterocycles. The second-order valence-electron chi connectivity index (χ2n) is 2.18. The summed E-state index contributed by atoms with van der Waals surface area (Å²) in [5.41, 5.74) is 5.80. The standard InChI is InChI=1S/C5H6O4.C2H4N2O2/c1-3(5(8)9)2-4(6)7;3-4-1-2(5)6/h2H,1H3,(H,6,7)(H,8,9);3H,1H2,(H,5,6)/b3-2-;. The molecule has 0 spiro atoms. The summed E-state index contributed by atoms with van der Waals surface area (Å²) >= 11 is 0. The minimum absolute atomic E-state index is 0.178. The molecule has 8 heteroatoms. The molecule has 0 heterocycles. The van der Waals surface area contributed by atoms with E-state index in [-0.39, 0.29) is 5.57 Å². The van der Waals surface area contributed by atoms with Crippen molar-refractivity contribution in [3.05, 3.63) is 11.6 Å². The van der Waals surface area contributed by atoms with Crippen molar-refractivity contribution in [1.82, 2.24) is 0 Å². The average Bonchev–Trinajstić information content (AvgIpc) is 2.03. The summed E-state index contributed by atoms with van der Waals surface area (Å²) < 4.78 is 0. The molecule has 0 aliphatic carbocycles. The molecule has 0 aromatic carbocycles. The van der Waals surface area contributed by atoms with Gasteiger partial charge in [-0.2, -0.15) is 5.11 Å². The maximum absolute atomic E-state index is 9.90. The predicted molar refractivity (Wildman–Crippen MR) is 46.7 cm³/mol. The van der Waals surface area contributed by atoms with Gasteiger partial charge in [-0.1, -0.05) is 0 Å². The van der Waals surface area contributed by atoms with E-state index < -0.39 is 24.5 Å². The third-order valence-corrected chi connectivity index (χ3v) is 0.892. The molecule has 0 rings (SSSR count). The van der Waals surface area contributed by atoms with Crippen LogP contribution in [0.15, 0.2) is 16.8 Å². The van der Waals surface area contributed by atoms with Crippen molar-refractivity contribution < 1.29 is 29.7 Å². The first kappa shape index (κ1) is 15.2. The second kappa shape index (κ2) is 8.35. The molecule has 0 aromatic heterocycles. The first-order valence-corrected chi connectivity index (χ1v) is 3.50. The van der Waals surface area contributed by atoms with Crippen molar-refractivity contribution in [2.75, 3.05) is 6.54 Å². The average molecular weight is 218 g/mol. The Balaban J connectivity index is 0. The predicted octanol–water partition coefficient (Wildman–Crippen LogP) is 0.204. The SMILES string of the molecule is C/C(=C/C(=O)O)C(=O)O.N=NCC(=O)O. The number of aliphatic carboxylic acids is 3. The molecular weight excluding hydrogens is 208 g/mol. The molecule has 0 fully saturated rings. The van der Waals surface area contributed by atoms with E-state index in [4.69, 9.17) is 20.9 Å². The van der Waals surface area contributed by atoms with Crippen molar-refractivity contribution in [1.29, 1.82) is 5.53 Å². The monoisotopic (exact) mass is 218 g/mol. The van der Waals surface area contributed by atoms with Gasteiger partial charge in [-0.25, -0.2) is 15.1 Å². The number of nitrogens with one attached hydrogen (secondary N) is 1. The van der Waals surface area contributed by atoms with E-state index in [1.165, 1.54) is 6.92 Å². The van der Waals surface area contributed by atoms with Crippen LogP contribution in [0.25, 0.3) is 0 Å². The zero-order valence-electron chi connectivity index (χ0n) is 7.80. The fourth-order valence-corrected chi connectivity index (χ4v) is 0.315. The van der Waals surface area contributed by atoms with Crippen LogP contribution in [-0.4, -0.2) is 39.8 Å². The van der Waals surface area contributed by atoms with Crippen LogP contribution in [0.4, 0.5) is 0 Å². The second-order valence-corrected chi connectivity index (χ2v) is 2.18. The summed E-state index contributed by atoms with van der Waals surface area (Å²) in [6, 6.07) is 0. The lowest BCUT2D eigenvalue weighted by molar-refractivity contribution is -0.135. The lowest BCUT2D eigenvalue weighted by Crippen LogP contribution is -1.99. The molecule has 0 bridgehead atoms. The van der Waals surface area contributed by atoms with Crippen LogP contribution in [-0.2, 0) is 14.4 Å². The molecule has 4 N–H and O–H groups in total. The highest BCUT2D eigenvalue weighted by molar-refractivity contribution is 5.93. The summed E-state index contributed by atoms with van der Waals surface area (Å²) in [7, 11) is 0. The Labute approximate surface area is 84.3 Å². The Bertz CT molecular complexity index is 296. The number of carbonyl (C=O) groups is 3. The van der Waals surface area contributed by atoms with Crippen LogP contribution in [0.2, 0.25) is 0 Å². The van der Waals surface area contributed by atoms with Crippen molar-refractivity contribution >= 4 is 17.9 Å². The first-order chi connectivity index (χ1) is 6.81. The zero-order chi connectivity index (χ0) is 12.4. The van der Waals surface area contributed by atoms with E-state index in [1.54, 1.807) is 0 Å². The molecule has 84 valence electrons. The van der Waals surface area contributed by atoms with Crippen molar-refractivity contribution in [2.45, 2.75) is 6.92 Å². The van der Waals surface area contributed by atoms with E-state index in [2.05, 4.69) is 5.11 Å². The summed E-state index contributed by atoms with van der Waals surface area (Å²) in [4.78, 5) is 29.1. The highest BCUT2D eigenvalue weighted by atomic mass is 16.4. The Kier molecular flexibility index (Phi) is 8.48. The molecular formula is C7H10N2O6. The Morgan fingerprint density at radius 2 is 1.73 bits per heavy atom. The molecule has 0 radical (unpaired) electrons. The van der Waals surface area contributed by atoms with Crippen molar-refractivity contribution in [2.24, 2.45) is 5.11 Å². The van der Waals surface area contributed by atoms with Crippen LogP contribution in [0.3, 0.4) is 0 Å². The van der Waals surface area contributed by atoms with Gasteiger partial charge >= 0.3 is 17.9 Å². The number of nitrogens with zero attached hydrogens (tertiary/aromatic N) is 1. The summed E-state index contributed by atoms with van der Waals surface area (Å²) in [6.07, 6.45) is 0.641. The summed E-state index contributed by atoms with van der Waals surface area (Å²) in [6.45, 7) is 0.802. The summed E-state index contributed by atoms with van der Waals surface area (Å²) in [5.74, 6) is -3.52. The van der Waals surface area contributed by atoms with E-state index >= 15 is 0 Å². The fraction of sp³-hybridized carbons (Fsp3) is 0.286. The number of carboxylic acid groups (broad SMARTS) is 3. The zero-order valence-corrected chi connectivity index (χ0v) is 7.80. The Morgan fingerprint density at radius 1 is 1.27 bits per heavy atom. The van der Waals surface area contributed by atoms with Gasteiger partial charge in [-0.15, -0.1) is 0 Å². The van der Waals surface area contributed by atoms with Gasteiger partial charge in [-0.3, -0.25) is 4.79 Å². The van der Waals surface area contributed by atoms with Gasteiger partial charge in [0.2, 0.25) is 0 Å². The van der Waals surface area contributed by atoms with Crippen LogP contribution < -0.4 is 0 Å². The van der Waals surface area contributed by atoms with Gasteiger partial charge in [-0.05, 0) is 6.92 Å². The number of hydrogen-bond donors (Lipinski definition) is 4. The maximum atomic E-state index is 9.90. The third-order valence-electron chi connectivity index (χ3n) is 0.892. The highest BCUT2D eigenvalue weighted by Gasteiger charge is 2.00. The molecule has 0 unspecified atom stereocenters. The van der Waals surface area contributed by atoms with Crippen LogP contribution in [0, 0.1) is 5.53 Å². The minimum atomic E-state index is -1.24. The molecule has 0 amide bonds. The van der Waals surface area contributed by atoms with Gasteiger partial charge in [0, 0.05) is 11.6 Å². The van der Waals surface area contributed by atoms with Gasteiger partial charge in [0.25, 0.3) is 0 Å². The molecule has 0 atom stereocenters. The lowest BCUT2D eigenvalue weighted by Gasteiger charge is -1.86. The largest absolute Gasteiger partial charge is 0.480 e. The van der Waals surface area contributed by atoms with Gasteiger partial charge in [0.1, 0.15) is 0 Å². The van der Waals surface area contributed by atoms with E-state index in [1.807, 2.05) is 0 Å². The Morgan fingerprint density at radius 3 is 1.80 bits per heavy atom. The van der Waals surface area contributed by atoms with Crippen LogP contribution in [0.1, 0.15) is 6.92 Å². The first-order valence-electron chi connectivity index (χ1n) is 3.50. The quantitative estimate of drug-likeness (QED) is 0.391. The highest BCUT2D eigenvalue weighted by Crippen LogP contribution is 1.89. The van der Waals surface area contributed by atoms with E-state index in [9.17, 15) is 14.4 Å². The molecule has 0 aliphatic heterocycles. The van der Waals surface area contributed by atoms with E-state index in [0.29, 0.717) is 6.08 Å². The summed E-state index contributed by atoms with van der Waals surface area (Å²) in [5, 5.41) is 26.4. The molecule has 15 heavy (non-hydrogen) atoms. The van der Waals surface area contributed by atoms with Crippen LogP contribution in [0.5, 0.6) is 0 Å². The number of rotatable bonds is 4. The maximum Gasteiger partial charge on any atom is 0.331 e. The molecule has 8 nitrogen and oxygen atoms in total. The van der Waals surface area contributed by atoms with Gasteiger partial charge < -0.3 is 15.3 Å².